The molecule has 0 bridgehead atoms. The van der Waals surface area contributed by atoms with Gasteiger partial charge in [-0.25, -0.2) is 0 Å². The lowest BCUT2D eigenvalue weighted by atomic mass is 9.85. The van der Waals surface area contributed by atoms with E-state index >= 15 is 0 Å². The number of aliphatic hydroxyl groups excluding tert-OH is 5. The summed E-state index contributed by atoms with van der Waals surface area (Å²) < 4.78 is 16.3. The van der Waals surface area contributed by atoms with Gasteiger partial charge >= 0.3 is 0 Å². The van der Waals surface area contributed by atoms with Gasteiger partial charge in [0.2, 0.25) is 6.29 Å². The molecule has 0 spiro atoms. The van der Waals surface area contributed by atoms with E-state index in [0.717, 1.165) is 0 Å². The number of rotatable bonds is 3. The summed E-state index contributed by atoms with van der Waals surface area (Å²) in [4.78, 5) is 0. The molecule has 1 aliphatic carbocycles. The van der Waals surface area contributed by atoms with Crippen LogP contribution in [0.2, 0.25) is 0 Å². The molecular formula is C15H24O9. The number of hydrogen-bond acceptors (Lipinski definition) is 9. The Morgan fingerprint density at radius 1 is 1.12 bits per heavy atom. The molecule has 0 aromatic carbocycles. The lowest BCUT2D eigenvalue weighted by molar-refractivity contribution is -0.346. The zero-order valence-corrected chi connectivity index (χ0v) is 13.2. The van der Waals surface area contributed by atoms with Gasteiger partial charge in [0, 0.05) is 12.3 Å². The minimum absolute atomic E-state index is 0.143. The Morgan fingerprint density at radius 3 is 2.50 bits per heavy atom. The van der Waals surface area contributed by atoms with Gasteiger partial charge in [-0.15, -0.1) is 0 Å². The van der Waals surface area contributed by atoms with Gasteiger partial charge in [0.25, 0.3) is 0 Å². The first-order chi connectivity index (χ1) is 11.3. The van der Waals surface area contributed by atoms with E-state index in [9.17, 15) is 30.6 Å². The van der Waals surface area contributed by atoms with Crippen molar-refractivity contribution in [2.24, 2.45) is 11.8 Å². The molecule has 3 aliphatic rings. The number of aliphatic hydroxyl groups is 6. The molecule has 1 saturated carbocycles. The molecule has 6 N–H and O–H groups in total. The highest BCUT2D eigenvalue weighted by atomic mass is 16.8. The Balaban J connectivity index is 1.76. The van der Waals surface area contributed by atoms with Crippen LogP contribution < -0.4 is 0 Å². The monoisotopic (exact) mass is 348 g/mol. The standard InChI is InChI=1S/C15H24O9/c1-15(21)4-7(17)6-2-3-22-13(9(6)15)24-14-12(20)11(19)10(18)8(5-16)23-14/h2-3,6-14,16-21H,4-5H2,1H3/t6-,7-,8+,9+,10-,11+,12+,13-,14-,15-/m0/s1. The number of hydrogen-bond donors (Lipinski definition) is 6. The highest BCUT2D eigenvalue weighted by Crippen LogP contribution is 2.46. The average molecular weight is 348 g/mol. The SMILES string of the molecule is C[C@]1(O)C[C@H](O)[C@@H]2C=CO[C@@H](O[C@@H]3O[C@H](CO)[C@H](O)[C@@H](O)[C@H]3O)[C@@H]21. The van der Waals surface area contributed by atoms with Crippen molar-refractivity contribution in [1.29, 1.82) is 0 Å². The van der Waals surface area contributed by atoms with E-state index < -0.39 is 61.2 Å². The summed E-state index contributed by atoms with van der Waals surface area (Å²) in [5.41, 5.74) is -1.26. The first-order valence-electron chi connectivity index (χ1n) is 7.95. The van der Waals surface area contributed by atoms with Crippen LogP contribution in [0.4, 0.5) is 0 Å². The molecule has 10 atom stereocenters. The van der Waals surface area contributed by atoms with E-state index in [0.29, 0.717) is 0 Å². The average Bonchev–Trinajstić information content (AvgIpc) is 2.78. The Kier molecular flexibility index (Phi) is 4.89. The van der Waals surface area contributed by atoms with E-state index in [1.54, 1.807) is 13.0 Å². The molecule has 1 saturated heterocycles. The van der Waals surface area contributed by atoms with Gasteiger partial charge in [-0.2, -0.15) is 0 Å². The van der Waals surface area contributed by atoms with Crippen molar-refractivity contribution in [3.8, 4) is 0 Å². The quantitative estimate of drug-likeness (QED) is 0.323. The predicted octanol–water partition coefficient (Wildman–Crippen LogP) is -2.58. The molecule has 2 fully saturated rings. The molecule has 9 nitrogen and oxygen atoms in total. The molecule has 0 aromatic heterocycles. The molecule has 0 amide bonds. The van der Waals surface area contributed by atoms with Crippen LogP contribution in [-0.2, 0) is 14.2 Å². The molecule has 138 valence electrons. The van der Waals surface area contributed by atoms with Crippen LogP contribution in [0, 0.1) is 11.8 Å². The van der Waals surface area contributed by atoms with Crippen LogP contribution in [0.5, 0.6) is 0 Å². The minimum atomic E-state index is -1.56. The highest BCUT2D eigenvalue weighted by molar-refractivity contribution is 5.10. The lowest BCUT2D eigenvalue weighted by Gasteiger charge is -2.43. The zero-order valence-electron chi connectivity index (χ0n) is 13.2. The molecule has 0 unspecified atom stereocenters. The van der Waals surface area contributed by atoms with Gasteiger partial charge in [-0.05, 0) is 13.0 Å². The molecule has 9 heteroatoms. The van der Waals surface area contributed by atoms with Crippen LogP contribution in [-0.4, -0.2) is 85.9 Å². The highest BCUT2D eigenvalue weighted by Gasteiger charge is 2.56. The Hall–Kier alpha value is -0.780. The summed E-state index contributed by atoms with van der Waals surface area (Å²) in [5, 5.41) is 59.5. The summed E-state index contributed by atoms with van der Waals surface area (Å²) in [6.45, 7) is 0.992. The lowest BCUT2D eigenvalue weighted by Crippen LogP contribution is -2.60. The summed E-state index contributed by atoms with van der Waals surface area (Å²) in [6.07, 6.45) is -5.74. The van der Waals surface area contributed by atoms with Crippen molar-refractivity contribution in [2.45, 2.75) is 62.0 Å². The van der Waals surface area contributed by atoms with Gasteiger partial charge in [0.1, 0.15) is 24.4 Å². The predicted molar refractivity (Wildman–Crippen MR) is 77.1 cm³/mol. The Morgan fingerprint density at radius 2 is 1.83 bits per heavy atom. The summed E-state index contributed by atoms with van der Waals surface area (Å²) >= 11 is 0. The van der Waals surface area contributed by atoms with E-state index in [-0.39, 0.29) is 12.3 Å². The molecular weight excluding hydrogens is 324 g/mol. The molecule has 0 radical (unpaired) electrons. The smallest absolute Gasteiger partial charge is 0.207 e. The second-order valence-corrected chi connectivity index (χ2v) is 6.90. The maximum absolute atomic E-state index is 10.5. The molecule has 24 heavy (non-hydrogen) atoms. The number of fused-ring (bicyclic) bond motifs is 1. The van der Waals surface area contributed by atoms with Crippen LogP contribution in [0.25, 0.3) is 0 Å². The fraction of sp³-hybridized carbons (Fsp3) is 0.867. The van der Waals surface area contributed by atoms with Gasteiger partial charge in [-0.1, -0.05) is 0 Å². The van der Waals surface area contributed by atoms with Gasteiger partial charge in [0.15, 0.2) is 6.29 Å². The molecule has 0 aromatic rings. The van der Waals surface area contributed by atoms with Crippen molar-refractivity contribution >= 4 is 0 Å². The molecule has 2 heterocycles. The van der Waals surface area contributed by atoms with Crippen molar-refractivity contribution in [3.63, 3.8) is 0 Å². The third-order valence-corrected chi connectivity index (χ3v) is 5.12. The summed E-state index contributed by atoms with van der Waals surface area (Å²) in [6, 6.07) is 0. The summed E-state index contributed by atoms with van der Waals surface area (Å²) in [7, 11) is 0. The molecule has 2 aliphatic heterocycles. The van der Waals surface area contributed by atoms with Gasteiger partial charge in [-0.3, -0.25) is 0 Å². The van der Waals surface area contributed by atoms with Crippen LogP contribution >= 0.6 is 0 Å². The van der Waals surface area contributed by atoms with Gasteiger partial charge in [0.05, 0.1) is 30.5 Å². The number of ether oxygens (including phenoxy) is 3. The van der Waals surface area contributed by atoms with Crippen LogP contribution in [0.1, 0.15) is 13.3 Å². The van der Waals surface area contributed by atoms with E-state index in [1.165, 1.54) is 6.26 Å². The second-order valence-electron chi connectivity index (χ2n) is 6.90. The maximum Gasteiger partial charge on any atom is 0.207 e. The first kappa shape index (κ1) is 18.0. The topological polar surface area (TPSA) is 149 Å². The zero-order chi connectivity index (χ0) is 17.6. The Labute approximate surface area is 138 Å². The van der Waals surface area contributed by atoms with Crippen molar-refractivity contribution in [1.82, 2.24) is 0 Å². The van der Waals surface area contributed by atoms with E-state index in [1.807, 2.05) is 0 Å². The minimum Gasteiger partial charge on any atom is -0.472 e. The summed E-state index contributed by atoms with van der Waals surface area (Å²) in [5.74, 6) is -0.992. The van der Waals surface area contributed by atoms with E-state index in [4.69, 9.17) is 14.2 Å². The van der Waals surface area contributed by atoms with Crippen LogP contribution in [0.3, 0.4) is 0 Å². The van der Waals surface area contributed by atoms with Crippen LogP contribution in [0.15, 0.2) is 12.3 Å². The second kappa shape index (κ2) is 6.50. The fourth-order valence-corrected chi connectivity index (χ4v) is 3.80. The van der Waals surface area contributed by atoms with Crippen molar-refractivity contribution < 1.29 is 44.8 Å². The van der Waals surface area contributed by atoms with Gasteiger partial charge < -0.3 is 44.8 Å². The largest absolute Gasteiger partial charge is 0.472 e. The molecule has 3 rings (SSSR count). The van der Waals surface area contributed by atoms with Crippen molar-refractivity contribution in [2.75, 3.05) is 6.61 Å². The van der Waals surface area contributed by atoms with E-state index in [2.05, 4.69) is 0 Å². The Bertz CT molecular complexity index is 480. The fourth-order valence-electron chi connectivity index (χ4n) is 3.80. The normalized spacial score (nSPS) is 54.4. The van der Waals surface area contributed by atoms with Crippen molar-refractivity contribution in [3.05, 3.63) is 12.3 Å². The third-order valence-electron chi connectivity index (χ3n) is 5.12. The first-order valence-corrected chi connectivity index (χ1v) is 7.95. The third kappa shape index (κ3) is 2.95. The maximum atomic E-state index is 10.5.